The molecule has 0 fully saturated rings. The normalized spacial score (nSPS) is 29.6. The lowest BCUT2D eigenvalue weighted by Crippen LogP contribution is -2.42. The summed E-state index contributed by atoms with van der Waals surface area (Å²) in [7, 11) is 0. The summed E-state index contributed by atoms with van der Waals surface area (Å²) < 4.78 is 0. The SMILES string of the molecule is O=C(O)c1ccc([N+](=O)[O-])c2c1N[C@@H]([C@H]1CC=CCC1)[C@H]1CC=C[C@H]21. The van der Waals surface area contributed by atoms with Gasteiger partial charge in [-0.25, -0.2) is 4.79 Å². The van der Waals surface area contributed by atoms with Crippen molar-refractivity contribution >= 4 is 17.3 Å². The van der Waals surface area contributed by atoms with Crippen LogP contribution in [0.5, 0.6) is 0 Å². The number of anilines is 1. The Morgan fingerprint density at radius 1 is 1.24 bits per heavy atom. The van der Waals surface area contributed by atoms with Crippen LogP contribution in [0.3, 0.4) is 0 Å². The predicted octanol–water partition coefficient (Wildman–Crippen LogP) is 4.10. The van der Waals surface area contributed by atoms with Crippen molar-refractivity contribution in [3.05, 3.63) is 57.7 Å². The molecule has 0 unspecified atom stereocenters. The van der Waals surface area contributed by atoms with Crippen LogP contribution in [0.1, 0.15) is 47.5 Å². The van der Waals surface area contributed by atoms with Gasteiger partial charge in [-0.3, -0.25) is 10.1 Å². The molecule has 0 radical (unpaired) electrons. The number of nitro benzene ring substituents is 1. The van der Waals surface area contributed by atoms with E-state index in [1.165, 1.54) is 12.1 Å². The highest BCUT2D eigenvalue weighted by Gasteiger charge is 2.44. The lowest BCUT2D eigenvalue weighted by Gasteiger charge is -2.42. The van der Waals surface area contributed by atoms with Crippen LogP contribution in [0, 0.1) is 22.0 Å². The zero-order valence-electron chi connectivity index (χ0n) is 13.7. The zero-order valence-corrected chi connectivity index (χ0v) is 13.7. The Morgan fingerprint density at radius 3 is 2.76 bits per heavy atom. The Kier molecular flexibility index (Phi) is 3.82. The molecule has 4 rings (SSSR count). The van der Waals surface area contributed by atoms with Crippen LogP contribution in [0.4, 0.5) is 11.4 Å². The van der Waals surface area contributed by atoms with Crippen molar-refractivity contribution in [3.8, 4) is 0 Å². The van der Waals surface area contributed by atoms with Gasteiger partial charge < -0.3 is 10.4 Å². The Balaban J connectivity index is 1.85. The van der Waals surface area contributed by atoms with Gasteiger partial charge in [0.2, 0.25) is 0 Å². The highest BCUT2D eigenvalue weighted by molar-refractivity contribution is 5.97. The Morgan fingerprint density at radius 2 is 2.08 bits per heavy atom. The maximum absolute atomic E-state index is 11.7. The molecule has 2 aliphatic carbocycles. The molecule has 0 bridgehead atoms. The van der Waals surface area contributed by atoms with E-state index in [1.807, 2.05) is 6.08 Å². The van der Waals surface area contributed by atoms with Crippen LogP contribution < -0.4 is 5.32 Å². The van der Waals surface area contributed by atoms with Crippen molar-refractivity contribution in [1.82, 2.24) is 0 Å². The van der Waals surface area contributed by atoms with Gasteiger partial charge in [-0.2, -0.15) is 0 Å². The Hall–Kier alpha value is -2.63. The summed E-state index contributed by atoms with van der Waals surface area (Å²) in [5, 5.41) is 24.5. The molecule has 1 heterocycles. The molecule has 6 heteroatoms. The fourth-order valence-electron chi connectivity index (χ4n) is 4.68. The fourth-order valence-corrected chi connectivity index (χ4v) is 4.68. The summed E-state index contributed by atoms with van der Waals surface area (Å²) in [6.45, 7) is 0. The van der Waals surface area contributed by atoms with E-state index in [4.69, 9.17) is 0 Å². The minimum absolute atomic E-state index is 0.0102. The second-order valence-corrected chi connectivity index (χ2v) is 7.05. The van der Waals surface area contributed by atoms with Crippen molar-refractivity contribution in [2.45, 2.75) is 37.6 Å². The number of nitrogens with zero attached hydrogens (tertiary/aromatic N) is 1. The van der Waals surface area contributed by atoms with E-state index < -0.39 is 10.9 Å². The molecule has 1 aromatic carbocycles. The summed E-state index contributed by atoms with van der Waals surface area (Å²) in [5.41, 5.74) is 1.10. The highest BCUT2D eigenvalue weighted by Crippen LogP contribution is 2.51. The molecule has 25 heavy (non-hydrogen) atoms. The quantitative estimate of drug-likeness (QED) is 0.491. The van der Waals surface area contributed by atoms with Gasteiger partial charge in [0, 0.05) is 18.0 Å². The lowest BCUT2D eigenvalue weighted by atomic mass is 9.71. The minimum Gasteiger partial charge on any atom is -0.478 e. The second kappa shape index (κ2) is 6.02. The van der Waals surface area contributed by atoms with Crippen molar-refractivity contribution in [2.24, 2.45) is 11.8 Å². The predicted molar refractivity (Wildman–Crippen MR) is 93.9 cm³/mol. The maximum Gasteiger partial charge on any atom is 0.337 e. The highest BCUT2D eigenvalue weighted by atomic mass is 16.6. The molecule has 1 aliphatic heterocycles. The first-order valence-electron chi connectivity index (χ1n) is 8.70. The molecule has 4 atom stereocenters. The Labute approximate surface area is 145 Å². The first kappa shape index (κ1) is 15.9. The molecule has 0 aromatic heterocycles. The van der Waals surface area contributed by atoms with E-state index in [0.29, 0.717) is 17.2 Å². The van der Waals surface area contributed by atoms with Gasteiger partial charge in [-0.05, 0) is 43.6 Å². The molecule has 0 saturated carbocycles. The van der Waals surface area contributed by atoms with Gasteiger partial charge in [0.25, 0.3) is 5.69 Å². The number of carbonyl (C=O) groups is 1. The van der Waals surface area contributed by atoms with E-state index in [1.54, 1.807) is 0 Å². The number of hydrogen-bond donors (Lipinski definition) is 2. The van der Waals surface area contributed by atoms with Gasteiger partial charge in [-0.1, -0.05) is 24.3 Å². The van der Waals surface area contributed by atoms with E-state index >= 15 is 0 Å². The zero-order chi connectivity index (χ0) is 17.6. The monoisotopic (exact) mass is 340 g/mol. The first-order chi connectivity index (χ1) is 12.1. The van der Waals surface area contributed by atoms with Crippen LogP contribution in [-0.4, -0.2) is 22.0 Å². The van der Waals surface area contributed by atoms with Crippen LogP contribution in [-0.2, 0) is 0 Å². The third-order valence-corrected chi connectivity index (χ3v) is 5.79. The van der Waals surface area contributed by atoms with E-state index in [2.05, 4.69) is 23.5 Å². The summed E-state index contributed by atoms with van der Waals surface area (Å²) in [6, 6.07) is 2.82. The summed E-state index contributed by atoms with van der Waals surface area (Å²) in [5.74, 6) is -0.480. The minimum atomic E-state index is -1.05. The summed E-state index contributed by atoms with van der Waals surface area (Å²) >= 11 is 0. The second-order valence-electron chi connectivity index (χ2n) is 7.05. The number of nitro groups is 1. The fraction of sp³-hybridized carbons (Fsp3) is 0.421. The number of rotatable bonds is 3. The molecule has 1 aromatic rings. The molecule has 2 N–H and O–H groups in total. The van der Waals surface area contributed by atoms with Crippen LogP contribution in [0.25, 0.3) is 0 Å². The molecular formula is C19H20N2O4. The number of fused-ring (bicyclic) bond motifs is 3. The van der Waals surface area contributed by atoms with Gasteiger partial charge in [0.05, 0.1) is 21.7 Å². The van der Waals surface area contributed by atoms with E-state index in [-0.39, 0.29) is 29.1 Å². The molecular weight excluding hydrogens is 320 g/mol. The molecule has 0 saturated heterocycles. The molecule has 6 nitrogen and oxygen atoms in total. The van der Waals surface area contributed by atoms with E-state index in [9.17, 15) is 20.0 Å². The van der Waals surface area contributed by atoms with Crippen LogP contribution >= 0.6 is 0 Å². The van der Waals surface area contributed by atoms with Crippen molar-refractivity contribution < 1.29 is 14.8 Å². The molecule has 3 aliphatic rings. The number of aromatic carboxylic acids is 1. The standard InChI is InChI=1S/C19H20N2O4/c22-19(23)14-9-10-15(21(24)25)16-12-7-4-8-13(12)17(20-18(14)16)11-5-2-1-3-6-11/h1-2,4,7,9-13,17,20H,3,5-6,8H2,(H,22,23)/t11-,12-,13-,17-/m0/s1. The van der Waals surface area contributed by atoms with Gasteiger partial charge in [0.15, 0.2) is 0 Å². The number of carboxylic acids is 1. The maximum atomic E-state index is 11.7. The van der Waals surface area contributed by atoms with Crippen LogP contribution in [0.15, 0.2) is 36.4 Å². The van der Waals surface area contributed by atoms with Crippen molar-refractivity contribution in [1.29, 1.82) is 0 Å². The van der Waals surface area contributed by atoms with Crippen molar-refractivity contribution in [2.75, 3.05) is 5.32 Å². The van der Waals surface area contributed by atoms with Gasteiger partial charge in [-0.15, -0.1) is 0 Å². The topological polar surface area (TPSA) is 92.5 Å². The largest absolute Gasteiger partial charge is 0.478 e. The molecule has 0 amide bonds. The molecule has 130 valence electrons. The average molecular weight is 340 g/mol. The lowest BCUT2D eigenvalue weighted by molar-refractivity contribution is -0.385. The third-order valence-electron chi connectivity index (χ3n) is 5.79. The first-order valence-corrected chi connectivity index (χ1v) is 8.70. The number of nitrogens with one attached hydrogen (secondary N) is 1. The van der Waals surface area contributed by atoms with Gasteiger partial charge in [0.1, 0.15) is 0 Å². The number of allylic oxidation sites excluding steroid dienone is 4. The van der Waals surface area contributed by atoms with E-state index in [0.717, 1.165) is 25.7 Å². The summed E-state index contributed by atoms with van der Waals surface area (Å²) in [4.78, 5) is 22.8. The van der Waals surface area contributed by atoms with Crippen molar-refractivity contribution in [3.63, 3.8) is 0 Å². The average Bonchev–Trinajstić information content (AvgIpc) is 3.10. The number of hydrogen-bond acceptors (Lipinski definition) is 4. The smallest absolute Gasteiger partial charge is 0.337 e. The summed E-state index contributed by atoms with van der Waals surface area (Å²) in [6.07, 6.45) is 12.4. The van der Waals surface area contributed by atoms with Crippen LogP contribution in [0.2, 0.25) is 0 Å². The number of benzene rings is 1. The third kappa shape index (κ3) is 2.52. The Bertz CT molecular complexity index is 799. The number of carboxylic acid groups (broad SMARTS) is 1. The van der Waals surface area contributed by atoms with Gasteiger partial charge >= 0.3 is 5.97 Å². The molecule has 0 spiro atoms.